The molecule has 2 aromatic carbocycles. The molecule has 0 spiro atoms. The molecule has 0 saturated heterocycles. The molecule has 0 atom stereocenters. The number of aryl methyl sites for hydroxylation is 1. The number of halogens is 2. The molecule has 0 saturated carbocycles. The van der Waals surface area contributed by atoms with Gasteiger partial charge in [0.05, 0.1) is 7.11 Å². The van der Waals surface area contributed by atoms with E-state index in [-0.39, 0.29) is 0 Å². The number of pyridine rings is 1. The maximum absolute atomic E-state index is 6.17. The zero-order valence-corrected chi connectivity index (χ0v) is 16.6. The molecule has 1 heterocycles. The van der Waals surface area contributed by atoms with E-state index in [0.29, 0.717) is 29.8 Å². The Labute approximate surface area is 169 Å². The molecule has 27 heavy (non-hydrogen) atoms. The number of aromatic nitrogens is 1. The second-order valence-electron chi connectivity index (χ2n) is 6.08. The van der Waals surface area contributed by atoms with Crippen molar-refractivity contribution < 1.29 is 9.47 Å². The number of hydrogen-bond donors (Lipinski definition) is 1. The number of nitrogens with zero attached hydrogens (tertiary/aromatic N) is 1. The Bertz CT molecular complexity index is 915. The van der Waals surface area contributed by atoms with Crippen LogP contribution in [-0.4, -0.2) is 12.1 Å². The topological polar surface area (TPSA) is 43.4 Å². The molecule has 0 aliphatic carbocycles. The van der Waals surface area contributed by atoms with E-state index in [2.05, 4.69) is 10.3 Å². The third kappa shape index (κ3) is 5.28. The van der Waals surface area contributed by atoms with Crippen molar-refractivity contribution in [1.82, 2.24) is 4.98 Å². The Morgan fingerprint density at radius 3 is 2.48 bits per heavy atom. The second-order valence-corrected chi connectivity index (χ2v) is 6.88. The lowest BCUT2D eigenvalue weighted by Crippen LogP contribution is -2.02. The summed E-state index contributed by atoms with van der Waals surface area (Å²) < 4.78 is 11.3. The van der Waals surface area contributed by atoms with E-state index < -0.39 is 0 Å². The van der Waals surface area contributed by atoms with Gasteiger partial charge in [0.2, 0.25) is 0 Å². The van der Waals surface area contributed by atoms with E-state index in [1.54, 1.807) is 19.4 Å². The Morgan fingerprint density at radius 1 is 0.963 bits per heavy atom. The summed E-state index contributed by atoms with van der Waals surface area (Å²) in [5, 5.41) is 4.57. The number of nitrogens with one attached hydrogen (secondary N) is 1. The molecule has 1 N–H and O–H groups in total. The maximum atomic E-state index is 6.17. The number of methoxy groups -OCH3 is 1. The van der Waals surface area contributed by atoms with Gasteiger partial charge in [0, 0.05) is 29.0 Å². The van der Waals surface area contributed by atoms with E-state index in [1.807, 2.05) is 49.4 Å². The average Bonchev–Trinajstić information content (AvgIpc) is 2.68. The monoisotopic (exact) mass is 402 g/mol. The smallest absolute Gasteiger partial charge is 0.161 e. The first kappa shape index (κ1) is 19.3. The van der Waals surface area contributed by atoms with Crippen LogP contribution >= 0.6 is 23.2 Å². The third-order valence-corrected chi connectivity index (χ3v) is 4.71. The highest BCUT2D eigenvalue weighted by Gasteiger charge is 2.07. The van der Waals surface area contributed by atoms with E-state index >= 15 is 0 Å². The number of rotatable bonds is 7. The summed E-state index contributed by atoms with van der Waals surface area (Å²) in [5.74, 6) is 1.35. The van der Waals surface area contributed by atoms with Crippen LogP contribution in [0.25, 0.3) is 0 Å². The van der Waals surface area contributed by atoms with E-state index in [9.17, 15) is 0 Å². The summed E-state index contributed by atoms with van der Waals surface area (Å²) in [6, 6.07) is 15.4. The summed E-state index contributed by atoms with van der Waals surface area (Å²) in [6.07, 6.45) is 1.69. The van der Waals surface area contributed by atoms with Crippen LogP contribution in [0.4, 0.5) is 5.69 Å². The molecule has 3 aromatic rings. The lowest BCUT2D eigenvalue weighted by atomic mass is 10.2. The molecule has 0 aliphatic rings. The van der Waals surface area contributed by atoms with Gasteiger partial charge in [-0.2, -0.15) is 0 Å². The molecule has 4 nitrogen and oxygen atoms in total. The summed E-state index contributed by atoms with van der Waals surface area (Å²) in [5.41, 5.74) is 4.04. The SMILES string of the molecule is COc1cc(CNc2ccc(C)c(Cl)c2)ccc1OCc1ccc(Cl)nc1. The van der Waals surface area contributed by atoms with Crippen molar-refractivity contribution >= 4 is 28.9 Å². The van der Waals surface area contributed by atoms with Crippen LogP contribution in [0.5, 0.6) is 11.5 Å². The van der Waals surface area contributed by atoms with Crippen LogP contribution in [0.1, 0.15) is 16.7 Å². The minimum atomic E-state index is 0.389. The van der Waals surface area contributed by atoms with Crippen LogP contribution < -0.4 is 14.8 Å². The molecular weight excluding hydrogens is 383 g/mol. The van der Waals surface area contributed by atoms with Crippen molar-refractivity contribution in [2.45, 2.75) is 20.1 Å². The Balaban J connectivity index is 1.64. The predicted octanol–water partition coefficient (Wildman–Crippen LogP) is 5.90. The van der Waals surface area contributed by atoms with Crippen molar-refractivity contribution in [2.75, 3.05) is 12.4 Å². The number of hydrogen-bond acceptors (Lipinski definition) is 4. The van der Waals surface area contributed by atoms with E-state index in [0.717, 1.165) is 27.4 Å². The van der Waals surface area contributed by atoms with Crippen LogP contribution in [0.3, 0.4) is 0 Å². The fourth-order valence-electron chi connectivity index (χ4n) is 2.50. The van der Waals surface area contributed by atoms with Gasteiger partial charge in [0.15, 0.2) is 11.5 Å². The summed E-state index contributed by atoms with van der Waals surface area (Å²) >= 11 is 12.0. The summed E-state index contributed by atoms with van der Waals surface area (Å²) in [4.78, 5) is 4.05. The van der Waals surface area contributed by atoms with Crippen molar-refractivity contribution in [3.63, 3.8) is 0 Å². The molecule has 0 aliphatic heterocycles. The lowest BCUT2D eigenvalue weighted by Gasteiger charge is -2.13. The van der Waals surface area contributed by atoms with Crippen LogP contribution in [-0.2, 0) is 13.2 Å². The van der Waals surface area contributed by atoms with Gasteiger partial charge >= 0.3 is 0 Å². The van der Waals surface area contributed by atoms with Gasteiger partial charge in [-0.25, -0.2) is 4.98 Å². The molecular formula is C21H20Cl2N2O2. The van der Waals surface area contributed by atoms with E-state index in [1.165, 1.54) is 0 Å². The largest absolute Gasteiger partial charge is 0.493 e. The highest BCUT2D eigenvalue weighted by atomic mass is 35.5. The first-order valence-corrected chi connectivity index (χ1v) is 9.21. The zero-order chi connectivity index (χ0) is 19.2. The molecule has 6 heteroatoms. The van der Waals surface area contributed by atoms with Gasteiger partial charge in [-0.3, -0.25) is 0 Å². The maximum Gasteiger partial charge on any atom is 0.161 e. The average molecular weight is 403 g/mol. The fraction of sp³-hybridized carbons (Fsp3) is 0.190. The Kier molecular flexibility index (Phi) is 6.43. The van der Waals surface area contributed by atoms with Gasteiger partial charge in [0.1, 0.15) is 11.8 Å². The normalized spacial score (nSPS) is 10.5. The standard InChI is InChI=1S/C21H20Cl2N2O2/c1-14-3-6-17(10-18(14)22)24-11-15-4-7-19(20(9-15)26-2)27-13-16-5-8-21(23)25-12-16/h3-10,12,24H,11,13H2,1-2H3. The summed E-state index contributed by atoms with van der Waals surface area (Å²) in [7, 11) is 1.63. The predicted molar refractivity (Wildman–Crippen MR) is 110 cm³/mol. The molecule has 0 bridgehead atoms. The summed E-state index contributed by atoms with van der Waals surface area (Å²) in [6.45, 7) is 3.02. The van der Waals surface area contributed by atoms with Gasteiger partial charge in [0.25, 0.3) is 0 Å². The molecule has 1 aromatic heterocycles. The Hall–Kier alpha value is -2.43. The number of benzene rings is 2. The molecule has 0 radical (unpaired) electrons. The number of anilines is 1. The van der Waals surface area contributed by atoms with Gasteiger partial charge in [-0.1, -0.05) is 41.4 Å². The first-order valence-electron chi connectivity index (χ1n) is 8.45. The minimum absolute atomic E-state index is 0.389. The fourth-order valence-corrected chi connectivity index (χ4v) is 2.79. The van der Waals surface area contributed by atoms with Crippen LogP contribution in [0.2, 0.25) is 10.2 Å². The van der Waals surface area contributed by atoms with Crippen molar-refractivity contribution in [3.8, 4) is 11.5 Å². The highest BCUT2D eigenvalue weighted by molar-refractivity contribution is 6.31. The lowest BCUT2D eigenvalue weighted by molar-refractivity contribution is 0.284. The van der Waals surface area contributed by atoms with Crippen LogP contribution in [0.15, 0.2) is 54.7 Å². The van der Waals surface area contributed by atoms with Crippen molar-refractivity contribution in [3.05, 3.63) is 81.6 Å². The van der Waals surface area contributed by atoms with Crippen molar-refractivity contribution in [2.24, 2.45) is 0 Å². The molecule has 3 rings (SSSR count). The highest BCUT2D eigenvalue weighted by Crippen LogP contribution is 2.29. The third-order valence-electron chi connectivity index (χ3n) is 4.08. The number of ether oxygens (including phenoxy) is 2. The van der Waals surface area contributed by atoms with Crippen molar-refractivity contribution in [1.29, 1.82) is 0 Å². The van der Waals surface area contributed by atoms with Gasteiger partial charge < -0.3 is 14.8 Å². The molecule has 0 unspecified atom stereocenters. The van der Waals surface area contributed by atoms with Gasteiger partial charge in [-0.05, 0) is 48.4 Å². The molecule has 0 fully saturated rings. The first-order chi connectivity index (χ1) is 13.0. The van der Waals surface area contributed by atoms with Gasteiger partial charge in [-0.15, -0.1) is 0 Å². The molecule has 140 valence electrons. The van der Waals surface area contributed by atoms with E-state index in [4.69, 9.17) is 32.7 Å². The second kappa shape index (κ2) is 8.98. The zero-order valence-electron chi connectivity index (χ0n) is 15.1. The minimum Gasteiger partial charge on any atom is -0.493 e. The quantitative estimate of drug-likeness (QED) is 0.499. The molecule has 0 amide bonds. The van der Waals surface area contributed by atoms with Crippen LogP contribution in [0, 0.1) is 6.92 Å². The Morgan fingerprint density at radius 2 is 1.78 bits per heavy atom.